The Morgan fingerprint density at radius 1 is 1.04 bits per heavy atom. The van der Waals surface area contributed by atoms with Gasteiger partial charge in [-0.25, -0.2) is 0 Å². The normalized spacial score (nSPS) is 29.4. The van der Waals surface area contributed by atoms with Gasteiger partial charge in [-0.2, -0.15) is 0 Å². The first-order valence-corrected chi connectivity index (χ1v) is 9.99. The molecule has 2 atom stereocenters. The fraction of sp³-hybridized carbons (Fsp3) is 0.400. The number of hydrogen-bond donors (Lipinski definition) is 0. The molecule has 2 aliphatic rings. The highest BCUT2D eigenvalue weighted by atomic mass is 79.9. The minimum Gasteiger partial charge on any atom is -0.333 e. The minimum absolute atomic E-state index is 0.176. The molecule has 3 heteroatoms. The average molecular weight is 433 g/mol. The lowest BCUT2D eigenvalue weighted by atomic mass is 9.61. The fourth-order valence-electron chi connectivity index (χ4n) is 5.34. The standard InChI is InChI=1S/C20H19Br2N/c1-19-8-3-4-9-20(19,2)23-16-11-12(21)10-15(22)17(16)13-6-5-7-14(19)18(13)23/h5-7,10-11H,3-4,8-9H2,1-2H3. The number of para-hydroxylation sites is 1. The topological polar surface area (TPSA) is 4.93 Å². The van der Waals surface area contributed by atoms with Crippen molar-refractivity contribution in [2.75, 3.05) is 0 Å². The van der Waals surface area contributed by atoms with Gasteiger partial charge in [0.2, 0.25) is 0 Å². The molecule has 1 aliphatic heterocycles. The Bertz CT molecular complexity index is 986. The smallest absolute Gasteiger partial charge is 0.0536 e. The van der Waals surface area contributed by atoms with Crippen LogP contribution in [-0.2, 0) is 11.0 Å². The quantitative estimate of drug-likeness (QED) is 0.364. The van der Waals surface area contributed by atoms with E-state index >= 15 is 0 Å². The van der Waals surface area contributed by atoms with E-state index in [1.54, 1.807) is 5.56 Å². The molecule has 118 valence electrons. The summed E-state index contributed by atoms with van der Waals surface area (Å²) in [4.78, 5) is 0. The molecule has 2 aromatic carbocycles. The summed E-state index contributed by atoms with van der Waals surface area (Å²) in [6.45, 7) is 4.98. The van der Waals surface area contributed by atoms with Gasteiger partial charge in [-0.3, -0.25) is 0 Å². The molecular formula is C20H19Br2N. The first-order chi connectivity index (χ1) is 11.0. The molecule has 0 radical (unpaired) electrons. The van der Waals surface area contributed by atoms with E-state index in [2.05, 4.69) is 80.6 Å². The summed E-state index contributed by atoms with van der Waals surface area (Å²) >= 11 is 7.50. The van der Waals surface area contributed by atoms with Crippen LogP contribution in [0, 0.1) is 0 Å². The van der Waals surface area contributed by atoms with Crippen LogP contribution < -0.4 is 0 Å². The maximum atomic E-state index is 3.81. The zero-order chi connectivity index (χ0) is 16.0. The van der Waals surface area contributed by atoms with Crippen LogP contribution >= 0.6 is 31.9 Å². The highest BCUT2D eigenvalue weighted by Gasteiger charge is 2.54. The largest absolute Gasteiger partial charge is 0.333 e. The van der Waals surface area contributed by atoms with Crippen LogP contribution in [0.1, 0.15) is 45.1 Å². The van der Waals surface area contributed by atoms with Crippen molar-refractivity contribution in [3.05, 3.63) is 44.8 Å². The molecule has 0 N–H and O–H groups in total. The molecule has 0 amide bonds. The Hall–Kier alpha value is -0.800. The molecule has 23 heavy (non-hydrogen) atoms. The van der Waals surface area contributed by atoms with E-state index in [-0.39, 0.29) is 11.0 Å². The van der Waals surface area contributed by atoms with E-state index in [0.717, 1.165) is 4.47 Å². The molecule has 3 aromatic rings. The van der Waals surface area contributed by atoms with Gasteiger partial charge in [-0.15, -0.1) is 0 Å². The number of rotatable bonds is 0. The van der Waals surface area contributed by atoms with Gasteiger partial charge in [0.15, 0.2) is 0 Å². The maximum absolute atomic E-state index is 3.81. The van der Waals surface area contributed by atoms with Gasteiger partial charge in [-0.1, -0.05) is 69.8 Å². The number of nitrogens with zero attached hydrogens (tertiary/aromatic N) is 1. The molecule has 2 heterocycles. The van der Waals surface area contributed by atoms with Gasteiger partial charge < -0.3 is 4.57 Å². The van der Waals surface area contributed by atoms with E-state index in [0.29, 0.717) is 0 Å². The fourth-order valence-corrected chi connectivity index (χ4v) is 6.76. The first kappa shape index (κ1) is 14.5. The summed E-state index contributed by atoms with van der Waals surface area (Å²) in [6.07, 6.45) is 5.23. The van der Waals surface area contributed by atoms with Crippen molar-refractivity contribution in [1.82, 2.24) is 4.57 Å². The minimum atomic E-state index is 0.176. The van der Waals surface area contributed by atoms with E-state index in [9.17, 15) is 0 Å². The van der Waals surface area contributed by atoms with E-state index in [4.69, 9.17) is 0 Å². The molecule has 0 bridgehead atoms. The third-order valence-corrected chi connectivity index (χ3v) is 7.75. The van der Waals surface area contributed by atoms with Crippen LogP contribution in [0.5, 0.6) is 0 Å². The SMILES string of the molecule is CC12CCCCC1(C)n1c3cc(Br)cc(Br)c3c3cccc2c31. The average Bonchev–Trinajstić information content (AvgIpc) is 2.94. The van der Waals surface area contributed by atoms with Crippen molar-refractivity contribution in [3.63, 3.8) is 0 Å². The van der Waals surface area contributed by atoms with Gasteiger partial charge in [0, 0.05) is 25.1 Å². The molecular weight excluding hydrogens is 414 g/mol. The maximum Gasteiger partial charge on any atom is 0.0536 e. The van der Waals surface area contributed by atoms with Crippen molar-refractivity contribution >= 4 is 53.7 Å². The molecule has 1 saturated carbocycles. The molecule has 5 rings (SSSR count). The summed E-state index contributed by atoms with van der Waals surface area (Å²) in [5, 5.41) is 2.76. The molecule has 1 nitrogen and oxygen atoms in total. The zero-order valence-corrected chi connectivity index (χ0v) is 16.6. The summed E-state index contributed by atoms with van der Waals surface area (Å²) in [5.41, 5.74) is 4.81. The molecule has 0 saturated heterocycles. The van der Waals surface area contributed by atoms with E-state index in [1.807, 2.05) is 0 Å². The van der Waals surface area contributed by atoms with Crippen LogP contribution in [0.15, 0.2) is 39.3 Å². The van der Waals surface area contributed by atoms with Crippen molar-refractivity contribution in [3.8, 4) is 0 Å². The third kappa shape index (κ3) is 1.54. The lowest BCUT2D eigenvalue weighted by Crippen LogP contribution is -2.47. The van der Waals surface area contributed by atoms with Crippen molar-refractivity contribution in [1.29, 1.82) is 0 Å². The molecule has 1 aromatic heterocycles. The summed E-state index contributed by atoms with van der Waals surface area (Å²) < 4.78 is 5.00. The highest BCUT2D eigenvalue weighted by molar-refractivity contribution is 9.11. The molecule has 1 fully saturated rings. The Kier molecular flexibility index (Phi) is 2.80. The van der Waals surface area contributed by atoms with Crippen LogP contribution in [0.2, 0.25) is 0 Å². The predicted molar refractivity (Wildman–Crippen MR) is 104 cm³/mol. The van der Waals surface area contributed by atoms with Crippen molar-refractivity contribution < 1.29 is 0 Å². The second-order valence-corrected chi connectivity index (χ2v) is 9.40. The second kappa shape index (κ2) is 4.43. The van der Waals surface area contributed by atoms with Gasteiger partial charge >= 0.3 is 0 Å². The Labute approximate surface area is 153 Å². The van der Waals surface area contributed by atoms with Gasteiger partial charge in [-0.05, 0) is 37.5 Å². The van der Waals surface area contributed by atoms with Gasteiger partial charge in [0.1, 0.15) is 0 Å². The Balaban J connectivity index is 2.06. The van der Waals surface area contributed by atoms with Crippen LogP contribution in [-0.4, -0.2) is 4.57 Å². The lowest BCUT2D eigenvalue weighted by molar-refractivity contribution is 0.123. The molecule has 1 aliphatic carbocycles. The monoisotopic (exact) mass is 431 g/mol. The number of hydrogen-bond acceptors (Lipinski definition) is 0. The summed E-state index contributed by atoms with van der Waals surface area (Å²) in [7, 11) is 0. The van der Waals surface area contributed by atoms with Crippen molar-refractivity contribution in [2.45, 2.75) is 50.5 Å². The number of fused-ring (bicyclic) bond motifs is 6. The first-order valence-electron chi connectivity index (χ1n) is 8.40. The van der Waals surface area contributed by atoms with Crippen LogP contribution in [0.3, 0.4) is 0 Å². The van der Waals surface area contributed by atoms with E-state index in [1.165, 1.54) is 52.0 Å². The Morgan fingerprint density at radius 3 is 2.65 bits per heavy atom. The Morgan fingerprint density at radius 2 is 1.83 bits per heavy atom. The van der Waals surface area contributed by atoms with Crippen molar-refractivity contribution in [2.24, 2.45) is 0 Å². The third-order valence-electron chi connectivity index (χ3n) is 6.67. The zero-order valence-electron chi connectivity index (χ0n) is 13.4. The predicted octanol–water partition coefficient (Wildman–Crippen LogP) is 6.88. The lowest BCUT2D eigenvalue weighted by Gasteiger charge is -2.47. The van der Waals surface area contributed by atoms with Gasteiger partial charge in [0.25, 0.3) is 0 Å². The summed E-state index contributed by atoms with van der Waals surface area (Å²) in [5.74, 6) is 0. The second-order valence-electron chi connectivity index (χ2n) is 7.63. The number of halogens is 2. The summed E-state index contributed by atoms with van der Waals surface area (Å²) in [6, 6.07) is 11.4. The molecule has 2 unspecified atom stereocenters. The van der Waals surface area contributed by atoms with Crippen LogP contribution in [0.4, 0.5) is 0 Å². The number of aromatic nitrogens is 1. The highest BCUT2D eigenvalue weighted by Crippen LogP contribution is 2.60. The number of benzene rings is 2. The molecule has 0 spiro atoms. The van der Waals surface area contributed by atoms with Crippen LogP contribution in [0.25, 0.3) is 21.8 Å². The van der Waals surface area contributed by atoms with E-state index < -0.39 is 0 Å². The van der Waals surface area contributed by atoms with Gasteiger partial charge in [0.05, 0.1) is 16.6 Å².